The van der Waals surface area contributed by atoms with Crippen LogP contribution in [0.3, 0.4) is 0 Å². The predicted octanol–water partition coefficient (Wildman–Crippen LogP) is 1.96. The van der Waals surface area contributed by atoms with Gasteiger partial charge in [0.2, 0.25) is 0 Å². The van der Waals surface area contributed by atoms with Crippen LogP contribution >= 0.6 is 0 Å². The number of rotatable bonds is 4. The van der Waals surface area contributed by atoms with E-state index < -0.39 is 0 Å². The summed E-state index contributed by atoms with van der Waals surface area (Å²) in [5, 5.41) is 8.17. The van der Waals surface area contributed by atoms with Crippen LogP contribution in [0.15, 0.2) is 35.4 Å². The van der Waals surface area contributed by atoms with E-state index in [9.17, 15) is 4.79 Å². The maximum absolute atomic E-state index is 11.7. The van der Waals surface area contributed by atoms with E-state index in [1.807, 2.05) is 51.1 Å². The van der Waals surface area contributed by atoms with Crippen LogP contribution in [0.1, 0.15) is 22.5 Å². The summed E-state index contributed by atoms with van der Waals surface area (Å²) in [5.41, 5.74) is 6.50. The van der Waals surface area contributed by atoms with Crippen LogP contribution in [0.2, 0.25) is 0 Å². The van der Waals surface area contributed by atoms with Crippen LogP contribution in [0.5, 0.6) is 0 Å². The number of carbonyl (C=O) groups excluding carboxylic acids is 1. The van der Waals surface area contributed by atoms with Crippen molar-refractivity contribution in [1.82, 2.24) is 15.2 Å². The molecule has 104 valence electrons. The van der Waals surface area contributed by atoms with E-state index >= 15 is 0 Å². The van der Waals surface area contributed by atoms with E-state index in [4.69, 9.17) is 0 Å². The summed E-state index contributed by atoms with van der Waals surface area (Å²) >= 11 is 0. The second-order valence-corrected chi connectivity index (χ2v) is 4.79. The van der Waals surface area contributed by atoms with Crippen LogP contribution < -0.4 is 5.43 Å². The smallest absolute Gasteiger partial charge is 0.261 e. The van der Waals surface area contributed by atoms with Gasteiger partial charge in [-0.3, -0.25) is 9.48 Å². The second-order valence-electron chi connectivity index (χ2n) is 4.79. The number of amides is 1. The van der Waals surface area contributed by atoms with E-state index in [2.05, 4.69) is 15.6 Å². The van der Waals surface area contributed by atoms with Gasteiger partial charge in [-0.25, -0.2) is 5.43 Å². The molecule has 5 nitrogen and oxygen atoms in total. The second kappa shape index (κ2) is 6.14. The summed E-state index contributed by atoms with van der Waals surface area (Å²) in [6.07, 6.45) is 1.62. The van der Waals surface area contributed by atoms with Crippen molar-refractivity contribution in [2.24, 2.45) is 5.10 Å². The van der Waals surface area contributed by atoms with Crippen molar-refractivity contribution in [3.63, 3.8) is 0 Å². The quantitative estimate of drug-likeness (QED) is 0.682. The molecule has 0 radical (unpaired) electrons. The highest BCUT2D eigenvalue weighted by molar-refractivity contribution is 5.82. The van der Waals surface area contributed by atoms with E-state index in [0.717, 1.165) is 17.0 Å². The van der Waals surface area contributed by atoms with E-state index in [-0.39, 0.29) is 12.5 Å². The fraction of sp³-hybridized carbons (Fsp3) is 0.267. The van der Waals surface area contributed by atoms with Crippen LogP contribution in [-0.4, -0.2) is 21.9 Å². The highest BCUT2D eigenvalue weighted by Crippen LogP contribution is 2.01. The predicted molar refractivity (Wildman–Crippen MR) is 78.6 cm³/mol. The highest BCUT2D eigenvalue weighted by atomic mass is 16.2. The van der Waals surface area contributed by atoms with Gasteiger partial charge in [-0.2, -0.15) is 10.2 Å². The third kappa shape index (κ3) is 3.78. The van der Waals surface area contributed by atoms with Crippen LogP contribution in [-0.2, 0) is 11.3 Å². The van der Waals surface area contributed by atoms with Gasteiger partial charge in [0.25, 0.3) is 5.91 Å². The molecule has 0 aliphatic heterocycles. The summed E-state index contributed by atoms with van der Waals surface area (Å²) in [6.45, 7) is 6.02. The molecular formula is C15H18N4O. The number of nitrogens with one attached hydrogen (secondary N) is 1. The Kier molecular flexibility index (Phi) is 4.30. The van der Waals surface area contributed by atoms with E-state index in [0.29, 0.717) is 0 Å². The molecule has 0 atom stereocenters. The lowest BCUT2D eigenvalue weighted by atomic mass is 10.2. The average Bonchev–Trinajstić information content (AvgIpc) is 2.70. The van der Waals surface area contributed by atoms with Crippen molar-refractivity contribution in [2.45, 2.75) is 27.3 Å². The van der Waals surface area contributed by atoms with E-state index in [1.54, 1.807) is 10.9 Å². The Morgan fingerprint density at radius 3 is 2.60 bits per heavy atom. The number of hydrogen-bond donors (Lipinski definition) is 1. The van der Waals surface area contributed by atoms with Crippen LogP contribution in [0.4, 0.5) is 0 Å². The number of aryl methyl sites for hydroxylation is 3. The highest BCUT2D eigenvalue weighted by Gasteiger charge is 2.05. The minimum absolute atomic E-state index is 0.172. The lowest BCUT2D eigenvalue weighted by Gasteiger charge is -2.02. The summed E-state index contributed by atoms with van der Waals surface area (Å²) in [7, 11) is 0. The molecule has 0 aliphatic rings. The summed E-state index contributed by atoms with van der Waals surface area (Å²) < 4.78 is 1.66. The molecule has 0 bridgehead atoms. The van der Waals surface area contributed by atoms with Crippen molar-refractivity contribution in [3.05, 3.63) is 52.8 Å². The molecule has 1 N–H and O–H groups in total. The van der Waals surface area contributed by atoms with Gasteiger partial charge < -0.3 is 0 Å². The lowest BCUT2D eigenvalue weighted by Crippen LogP contribution is -2.24. The number of hydrogen-bond acceptors (Lipinski definition) is 3. The zero-order chi connectivity index (χ0) is 14.5. The van der Waals surface area contributed by atoms with E-state index in [1.165, 1.54) is 5.56 Å². The lowest BCUT2D eigenvalue weighted by molar-refractivity contribution is -0.121. The first-order valence-electron chi connectivity index (χ1n) is 6.44. The molecule has 2 aromatic rings. The van der Waals surface area contributed by atoms with Gasteiger partial charge >= 0.3 is 0 Å². The fourth-order valence-corrected chi connectivity index (χ4v) is 1.84. The Morgan fingerprint density at radius 2 is 2.00 bits per heavy atom. The first-order chi connectivity index (χ1) is 9.54. The third-order valence-corrected chi connectivity index (χ3v) is 2.88. The Labute approximate surface area is 118 Å². The Balaban J connectivity index is 1.89. The Bertz CT molecular complexity index is 626. The third-order valence-electron chi connectivity index (χ3n) is 2.88. The van der Waals surface area contributed by atoms with Gasteiger partial charge in [0.1, 0.15) is 6.54 Å². The average molecular weight is 270 g/mol. The maximum atomic E-state index is 11.7. The molecule has 0 fully saturated rings. The molecule has 1 aromatic carbocycles. The van der Waals surface area contributed by atoms with Gasteiger partial charge in [0, 0.05) is 5.69 Å². The number of benzene rings is 1. The van der Waals surface area contributed by atoms with Gasteiger partial charge in [-0.15, -0.1) is 0 Å². The minimum Gasteiger partial charge on any atom is -0.271 e. The zero-order valence-corrected chi connectivity index (χ0v) is 11.9. The molecule has 20 heavy (non-hydrogen) atoms. The molecule has 0 spiro atoms. The topological polar surface area (TPSA) is 59.3 Å². The van der Waals surface area contributed by atoms with Gasteiger partial charge in [0.05, 0.1) is 11.9 Å². The van der Waals surface area contributed by atoms with Crippen molar-refractivity contribution < 1.29 is 4.79 Å². The summed E-state index contributed by atoms with van der Waals surface area (Å²) in [6, 6.07) is 9.83. The fourth-order valence-electron chi connectivity index (χ4n) is 1.84. The zero-order valence-electron chi connectivity index (χ0n) is 11.9. The molecule has 2 rings (SSSR count). The minimum atomic E-state index is -0.195. The van der Waals surface area contributed by atoms with Gasteiger partial charge in [0.15, 0.2) is 0 Å². The SMILES string of the molecule is Cc1ccc(/C=N/NC(=O)Cn2nc(C)cc2C)cc1. The number of hydrazone groups is 1. The molecule has 1 amide bonds. The van der Waals surface area contributed by atoms with Crippen molar-refractivity contribution in [2.75, 3.05) is 0 Å². The number of nitrogens with zero attached hydrogens (tertiary/aromatic N) is 3. The van der Waals surface area contributed by atoms with Crippen molar-refractivity contribution in [3.8, 4) is 0 Å². The van der Waals surface area contributed by atoms with Crippen LogP contribution in [0.25, 0.3) is 0 Å². The molecular weight excluding hydrogens is 252 g/mol. The Hall–Kier alpha value is -2.43. The first-order valence-corrected chi connectivity index (χ1v) is 6.44. The largest absolute Gasteiger partial charge is 0.271 e. The first kappa shape index (κ1) is 14.0. The van der Waals surface area contributed by atoms with Crippen molar-refractivity contribution in [1.29, 1.82) is 0 Å². The molecule has 1 heterocycles. The molecule has 0 saturated carbocycles. The summed E-state index contributed by atoms with van der Waals surface area (Å²) in [4.78, 5) is 11.7. The molecule has 0 aliphatic carbocycles. The molecule has 0 unspecified atom stereocenters. The summed E-state index contributed by atoms with van der Waals surface area (Å²) in [5.74, 6) is -0.195. The molecule has 5 heteroatoms. The molecule has 0 saturated heterocycles. The normalized spacial score (nSPS) is 10.9. The van der Waals surface area contributed by atoms with Gasteiger partial charge in [-0.05, 0) is 32.4 Å². The number of carbonyl (C=O) groups is 1. The number of aromatic nitrogens is 2. The maximum Gasteiger partial charge on any atom is 0.261 e. The Morgan fingerprint density at radius 1 is 1.30 bits per heavy atom. The van der Waals surface area contributed by atoms with Crippen LogP contribution in [0, 0.1) is 20.8 Å². The molecule has 1 aromatic heterocycles. The van der Waals surface area contributed by atoms with Gasteiger partial charge in [-0.1, -0.05) is 29.8 Å². The monoisotopic (exact) mass is 270 g/mol. The van der Waals surface area contributed by atoms with Crippen molar-refractivity contribution >= 4 is 12.1 Å². The standard InChI is InChI=1S/C15H18N4O/c1-11-4-6-14(7-5-11)9-16-17-15(20)10-19-13(3)8-12(2)18-19/h4-9H,10H2,1-3H3,(H,17,20)/b16-9+.